The highest BCUT2D eigenvalue weighted by Crippen LogP contribution is 2.27. The molecule has 0 bridgehead atoms. The number of aromatic nitrogens is 1. The van der Waals surface area contributed by atoms with E-state index in [1.165, 1.54) is 23.6 Å². The van der Waals surface area contributed by atoms with E-state index in [4.69, 9.17) is 4.52 Å². The average Bonchev–Trinajstić information content (AvgIpc) is 3.05. The van der Waals surface area contributed by atoms with Crippen LogP contribution in [0.1, 0.15) is 56.9 Å². The predicted molar refractivity (Wildman–Crippen MR) is 110 cm³/mol. The highest BCUT2D eigenvalue weighted by Gasteiger charge is 2.35. The molecule has 29 heavy (non-hydrogen) atoms. The summed E-state index contributed by atoms with van der Waals surface area (Å²) in [5.41, 5.74) is 0.380. The lowest BCUT2D eigenvalue weighted by Crippen LogP contribution is -2.44. The minimum Gasteiger partial charge on any atom is -0.360 e. The minimum absolute atomic E-state index is 0.0473. The van der Waals surface area contributed by atoms with Crippen molar-refractivity contribution in [1.29, 1.82) is 0 Å². The second-order valence-corrected chi connectivity index (χ2v) is 10.2. The third-order valence-corrected chi connectivity index (χ3v) is 8.40. The lowest BCUT2D eigenvalue weighted by atomic mass is 9.97. The number of carbonyl (C=O) groups is 1. The molecule has 8 nitrogen and oxygen atoms in total. The van der Waals surface area contributed by atoms with E-state index in [1.807, 2.05) is 0 Å². The van der Waals surface area contributed by atoms with Gasteiger partial charge in [0.05, 0.1) is 0 Å². The Hall–Kier alpha value is -1.45. The number of hydrogen-bond donors (Lipinski definition) is 1. The second-order valence-electron chi connectivity index (χ2n) is 8.36. The number of sulfonamides is 1. The van der Waals surface area contributed by atoms with Gasteiger partial charge in [-0.15, -0.1) is 0 Å². The third kappa shape index (κ3) is 5.19. The molecule has 1 aromatic heterocycles. The van der Waals surface area contributed by atoms with Gasteiger partial charge in [0.25, 0.3) is 0 Å². The first-order valence-electron chi connectivity index (χ1n) is 10.8. The van der Waals surface area contributed by atoms with Crippen LogP contribution < -0.4 is 5.32 Å². The summed E-state index contributed by atoms with van der Waals surface area (Å²) in [7, 11) is -3.63. The van der Waals surface area contributed by atoms with Gasteiger partial charge in [-0.2, -0.15) is 4.31 Å². The lowest BCUT2D eigenvalue weighted by Gasteiger charge is -2.33. The maximum Gasteiger partial charge on any atom is 0.248 e. The maximum atomic E-state index is 12.9. The number of aryl methyl sites for hydroxylation is 2. The number of carbonyl (C=O) groups excluding carboxylic acids is 1. The summed E-state index contributed by atoms with van der Waals surface area (Å²) >= 11 is 0. The van der Waals surface area contributed by atoms with Gasteiger partial charge in [-0.3, -0.25) is 4.79 Å². The number of nitrogens with one attached hydrogen (secondary N) is 1. The number of nitrogens with zero attached hydrogens (tertiary/aromatic N) is 3. The quantitative estimate of drug-likeness (QED) is 0.671. The summed E-state index contributed by atoms with van der Waals surface area (Å²) in [6.07, 6.45) is 5.89. The molecular formula is C20H34N4O4S. The van der Waals surface area contributed by atoms with Crippen molar-refractivity contribution >= 4 is 15.9 Å². The largest absolute Gasteiger partial charge is 0.360 e. The van der Waals surface area contributed by atoms with Crippen molar-refractivity contribution in [2.24, 2.45) is 5.92 Å². The molecule has 3 heterocycles. The van der Waals surface area contributed by atoms with Crippen molar-refractivity contribution in [2.45, 2.75) is 70.2 Å². The number of hydrogen-bond acceptors (Lipinski definition) is 6. The van der Waals surface area contributed by atoms with Crippen molar-refractivity contribution in [3.8, 4) is 0 Å². The van der Waals surface area contributed by atoms with Crippen molar-refractivity contribution in [3.63, 3.8) is 0 Å². The SMILES string of the molecule is Cc1noc(C)c1S(=O)(=O)N1CCC(C(=O)NCCCN2CCCC[C@H]2C)CC1. The average molecular weight is 427 g/mol. The van der Waals surface area contributed by atoms with Crippen LogP contribution in [-0.2, 0) is 14.8 Å². The molecule has 2 saturated heterocycles. The Morgan fingerprint density at radius 1 is 1.17 bits per heavy atom. The molecule has 2 aliphatic rings. The summed E-state index contributed by atoms with van der Waals surface area (Å²) in [5, 5.41) is 6.80. The van der Waals surface area contributed by atoms with Gasteiger partial charge < -0.3 is 14.7 Å². The molecule has 164 valence electrons. The Morgan fingerprint density at radius 2 is 1.90 bits per heavy atom. The standard InChI is InChI=1S/C20H34N4O4S/c1-15-7-4-5-11-23(15)12-6-10-21-20(25)18-8-13-24(14-9-18)29(26,27)19-16(2)22-28-17(19)3/h15,18H,4-14H2,1-3H3,(H,21,25)/t15-/m1/s1. The topological polar surface area (TPSA) is 95.8 Å². The zero-order valence-electron chi connectivity index (χ0n) is 17.8. The highest BCUT2D eigenvalue weighted by atomic mass is 32.2. The predicted octanol–water partition coefficient (Wildman–Crippen LogP) is 2.07. The van der Waals surface area contributed by atoms with Crippen LogP contribution in [0.2, 0.25) is 0 Å². The second kappa shape index (κ2) is 9.57. The van der Waals surface area contributed by atoms with Crippen LogP contribution in [-0.4, -0.2) is 67.5 Å². The first-order chi connectivity index (χ1) is 13.8. The number of piperidine rings is 2. The fraction of sp³-hybridized carbons (Fsp3) is 0.800. The van der Waals surface area contributed by atoms with Gasteiger partial charge in [-0.1, -0.05) is 11.6 Å². The molecule has 0 radical (unpaired) electrons. The molecule has 1 atom stereocenters. The van der Waals surface area contributed by atoms with E-state index < -0.39 is 10.0 Å². The van der Waals surface area contributed by atoms with Crippen molar-refractivity contribution in [1.82, 2.24) is 19.7 Å². The number of amides is 1. The van der Waals surface area contributed by atoms with Crippen molar-refractivity contribution in [2.75, 3.05) is 32.7 Å². The molecule has 1 aromatic rings. The molecule has 1 N–H and O–H groups in total. The van der Waals surface area contributed by atoms with Crippen LogP contribution in [0, 0.1) is 19.8 Å². The van der Waals surface area contributed by atoms with Gasteiger partial charge in [-0.25, -0.2) is 8.42 Å². The van der Waals surface area contributed by atoms with Crippen molar-refractivity contribution in [3.05, 3.63) is 11.5 Å². The fourth-order valence-corrected chi connectivity index (χ4v) is 6.22. The first kappa shape index (κ1) is 22.2. The summed E-state index contributed by atoms with van der Waals surface area (Å²) in [6, 6.07) is 0.642. The molecule has 2 fully saturated rings. The first-order valence-corrected chi connectivity index (χ1v) is 12.2. The van der Waals surface area contributed by atoms with E-state index in [0.717, 1.165) is 19.5 Å². The zero-order chi connectivity index (χ0) is 21.0. The third-order valence-electron chi connectivity index (χ3n) is 6.25. The lowest BCUT2D eigenvalue weighted by molar-refractivity contribution is -0.126. The molecule has 0 unspecified atom stereocenters. The number of likely N-dealkylation sites (tertiary alicyclic amines) is 1. The van der Waals surface area contributed by atoms with Gasteiger partial charge in [0.15, 0.2) is 5.76 Å². The van der Waals surface area contributed by atoms with Gasteiger partial charge in [-0.05, 0) is 59.4 Å². The Kier molecular flexibility index (Phi) is 7.34. The molecule has 9 heteroatoms. The van der Waals surface area contributed by atoms with Crippen LogP contribution in [0.3, 0.4) is 0 Å². The molecule has 0 saturated carbocycles. The van der Waals surface area contributed by atoms with E-state index >= 15 is 0 Å². The van der Waals surface area contributed by atoms with Crippen molar-refractivity contribution < 1.29 is 17.7 Å². The zero-order valence-corrected chi connectivity index (χ0v) is 18.6. The molecule has 2 aliphatic heterocycles. The molecule has 0 aliphatic carbocycles. The van der Waals surface area contributed by atoms with Crippen LogP contribution in [0.5, 0.6) is 0 Å². The van der Waals surface area contributed by atoms with Gasteiger partial charge >= 0.3 is 0 Å². The van der Waals surface area contributed by atoms with Crippen LogP contribution in [0.25, 0.3) is 0 Å². The Balaban J connectivity index is 1.42. The smallest absolute Gasteiger partial charge is 0.248 e. The maximum absolute atomic E-state index is 12.9. The Labute approximate surface area is 174 Å². The Morgan fingerprint density at radius 3 is 2.52 bits per heavy atom. The summed E-state index contributed by atoms with van der Waals surface area (Å²) in [6.45, 7) is 9.07. The fourth-order valence-electron chi connectivity index (χ4n) is 4.46. The summed E-state index contributed by atoms with van der Waals surface area (Å²) < 4.78 is 32.2. The van der Waals surface area contributed by atoms with Gasteiger partial charge in [0.1, 0.15) is 10.6 Å². The minimum atomic E-state index is -3.63. The van der Waals surface area contributed by atoms with Gasteiger partial charge in [0.2, 0.25) is 15.9 Å². The van der Waals surface area contributed by atoms with E-state index in [2.05, 4.69) is 22.3 Å². The van der Waals surface area contributed by atoms with Crippen LogP contribution in [0.4, 0.5) is 0 Å². The Bertz CT molecular complexity index is 780. The van der Waals surface area contributed by atoms with Crippen LogP contribution >= 0.6 is 0 Å². The summed E-state index contributed by atoms with van der Waals surface area (Å²) in [4.78, 5) is 15.2. The monoisotopic (exact) mass is 426 g/mol. The number of rotatable bonds is 7. The van der Waals surface area contributed by atoms with Crippen LogP contribution in [0.15, 0.2) is 9.42 Å². The molecule has 0 spiro atoms. The van der Waals surface area contributed by atoms with E-state index in [1.54, 1.807) is 13.8 Å². The van der Waals surface area contributed by atoms with E-state index in [-0.39, 0.29) is 16.7 Å². The molecular weight excluding hydrogens is 392 g/mol. The van der Waals surface area contributed by atoms with E-state index in [0.29, 0.717) is 50.0 Å². The van der Waals surface area contributed by atoms with E-state index in [9.17, 15) is 13.2 Å². The summed E-state index contributed by atoms with van der Waals surface area (Å²) in [5.74, 6) is 0.233. The highest BCUT2D eigenvalue weighted by molar-refractivity contribution is 7.89. The normalized spacial score (nSPS) is 22.7. The van der Waals surface area contributed by atoms with Gasteiger partial charge in [0, 0.05) is 38.1 Å². The molecule has 3 rings (SSSR count). The molecule has 1 amide bonds. The molecule has 0 aromatic carbocycles.